The van der Waals surface area contributed by atoms with Crippen LogP contribution in [-0.2, 0) is 6.42 Å². The standard InChI is InChI=1S/C13H22N2O2S/c1-10(5-3-7-16)14-13(17)15-11(2)9-12-6-4-8-18-12/h4,6,8,10-11,16H,3,5,7,9H2,1-2H3,(H2,14,15,17). The van der Waals surface area contributed by atoms with Gasteiger partial charge in [-0.3, -0.25) is 0 Å². The fourth-order valence-electron chi connectivity index (χ4n) is 1.74. The van der Waals surface area contributed by atoms with E-state index in [-0.39, 0.29) is 24.7 Å². The maximum Gasteiger partial charge on any atom is 0.315 e. The van der Waals surface area contributed by atoms with Crippen LogP contribution in [0, 0.1) is 0 Å². The molecule has 0 aliphatic carbocycles. The minimum absolute atomic E-state index is 0.0890. The molecule has 0 aliphatic heterocycles. The van der Waals surface area contributed by atoms with E-state index in [1.807, 2.05) is 25.3 Å². The van der Waals surface area contributed by atoms with Crippen LogP contribution in [0.1, 0.15) is 31.6 Å². The van der Waals surface area contributed by atoms with Gasteiger partial charge in [0.25, 0.3) is 0 Å². The van der Waals surface area contributed by atoms with Crippen molar-refractivity contribution in [3.63, 3.8) is 0 Å². The molecule has 0 saturated heterocycles. The van der Waals surface area contributed by atoms with E-state index in [0.717, 1.165) is 12.8 Å². The molecule has 1 heterocycles. The Morgan fingerprint density at radius 2 is 2.11 bits per heavy atom. The molecule has 1 rings (SSSR count). The molecule has 3 N–H and O–H groups in total. The van der Waals surface area contributed by atoms with Gasteiger partial charge >= 0.3 is 6.03 Å². The van der Waals surface area contributed by atoms with E-state index in [1.54, 1.807) is 11.3 Å². The Bertz CT molecular complexity index is 341. The molecule has 0 radical (unpaired) electrons. The van der Waals surface area contributed by atoms with E-state index in [4.69, 9.17) is 5.11 Å². The number of carbonyl (C=O) groups is 1. The van der Waals surface area contributed by atoms with Crippen molar-refractivity contribution in [1.29, 1.82) is 0 Å². The molecule has 0 aliphatic rings. The van der Waals surface area contributed by atoms with Gasteiger partial charge in [-0.1, -0.05) is 6.07 Å². The van der Waals surface area contributed by atoms with Crippen molar-refractivity contribution >= 4 is 17.4 Å². The molecule has 1 aromatic rings. The summed E-state index contributed by atoms with van der Waals surface area (Å²) in [4.78, 5) is 12.9. The number of amides is 2. The predicted octanol–water partition coefficient (Wildman–Crippen LogP) is 2.14. The van der Waals surface area contributed by atoms with E-state index < -0.39 is 0 Å². The summed E-state index contributed by atoms with van der Waals surface area (Å²) in [7, 11) is 0. The van der Waals surface area contributed by atoms with Crippen molar-refractivity contribution in [3.05, 3.63) is 22.4 Å². The SMILES string of the molecule is CC(CCCO)NC(=O)NC(C)Cc1cccs1. The fraction of sp³-hybridized carbons (Fsp3) is 0.615. The molecule has 2 atom stereocenters. The highest BCUT2D eigenvalue weighted by Crippen LogP contribution is 2.10. The molecule has 2 amide bonds. The Balaban J connectivity index is 2.22. The van der Waals surface area contributed by atoms with Crippen LogP contribution in [0.5, 0.6) is 0 Å². The summed E-state index contributed by atoms with van der Waals surface area (Å²) in [6, 6.07) is 4.17. The van der Waals surface area contributed by atoms with Crippen molar-refractivity contribution < 1.29 is 9.90 Å². The predicted molar refractivity (Wildman–Crippen MR) is 74.9 cm³/mol. The van der Waals surface area contributed by atoms with Crippen molar-refractivity contribution in [2.24, 2.45) is 0 Å². The maximum absolute atomic E-state index is 11.7. The Kier molecular flexibility index (Phi) is 6.75. The number of rotatable bonds is 7. The summed E-state index contributed by atoms with van der Waals surface area (Å²) >= 11 is 1.70. The molecule has 18 heavy (non-hydrogen) atoms. The van der Waals surface area contributed by atoms with E-state index in [1.165, 1.54) is 4.88 Å². The van der Waals surface area contributed by atoms with Crippen LogP contribution in [-0.4, -0.2) is 29.8 Å². The van der Waals surface area contributed by atoms with Gasteiger partial charge in [0.15, 0.2) is 0 Å². The van der Waals surface area contributed by atoms with Crippen LogP contribution in [0.25, 0.3) is 0 Å². The van der Waals surface area contributed by atoms with E-state index in [9.17, 15) is 4.79 Å². The zero-order chi connectivity index (χ0) is 13.4. The summed E-state index contributed by atoms with van der Waals surface area (Å²) in [6.07, 6.45) is 2.37. The van der Waals surface area contributed by atoms with Crippen molar-refractivity contribution in [1.82, 2.24) is 10.6 Å². The number of aliphatic hydroxyl groups excluding tert-OH is 1. The zero-order valence-corrected chi connectivity index (χ0v) is 11.8. The van der Waals surface area contributed by atoms with E-state index >= 15 is 0 Å². The molecule has 102 valence electrons. The highest BCUT2D eigenvalue weighted by molar-refractivity contribution is 7.09. The van der Waals surface area contributed by atoms with E-state index in [0.29, 0.717) is 6.42 Å². The molecular weight excluding hydrogens is 248 g/mol. The van der Waals surface area contributed by atoms with Crippen LogP contribution >= 0.6 is 11.3 Å². The molecular formula is C13H22N2O2S. The lowest BCUT2D eigenvalue weighted by Gasteiger charge is -2.17. The van der Waals surface area contributed by atoms with Gasteiger partial charge in [-0.2, -0.15) is 0 Å². The van der Waals surface area contributed by atoms with Gasteiger partial charge in [-0.25, -0.2) is 4.79 Å². The topological polar surface area (TPSA) is 61.4 Å². The summed E-state index contributed by atoms with van der Waals surface area (Å²) in [6.45, 7) is 4.11. The zero-order valence-electron chi connectivity index (χ0n) is 11.0. The third kappa shape index (κ3) is 6.02. The minimum Gasteiger partial charge on any atom is -0.396 e. The van der Waals surface area contributed by atoms with Gasteiger partial charge < -0.3 is 15.7 Å². The smallest absolute Gasteiger partial charge is 0.315 e. The number of thiophene rings is 1. The second-order valence-electron chi connectivity index (χ2n) is 4.57. The molecule has 0 fully saturated rings. The second kappa shape index (κ2) is 8.11. The Morgan fingerprint density at radius 1 is 1.39 bits per heavy atom. The van der Waals surface area contributed by atoms with Crippen molar-refractivity contribution in [3.8, 4) is 0 Å². The van der Waals surface area contributed by atoms with Gasteiger partial charge in [-0.05, 0) is 38.1 Å². The minimum atomic E-state index is -0.135. The average Bonchev–Trinajstić information content (AvgIpc) is 2.78. The fourth-order valence-corrected chi connectivity index (χ4v) is 2.58. The number of aliphatic hydroxyl groups is 1. The lowest BCUT2D eigenvalue weighted by atomic mass is 10.2. The molecule has 4 nitrogen and oxygen atoms in total. The molecule has 0 saturated carbocycles. The molecule has 0 aromatic carbocycles. The van der Waals surface area contributed by atoms with Crippen LogP contribution < -0.4 is 10.6 Å². The van der Waals surface area contributed by atoms with Gasteiger partial charge in [0.05, 0.1) is 0 Å². The lowest BCUT2D eigenvalue weighted by Crippen LogP contribution is -2.45. The second-order valence-corrected chi connectivity index (χ2v) is 5.60. The average molecular weight is 270 g/mol. The van der Waals surface area contributed by atoms with Crippen molar-refractivity contribution in [2.75, 3.05) is 6.61 Å². The summed E-state index contributed by atoms with van der Waals surface area (Å²) in [5.74, 6) is 0. The van der Waals surface area contributed by atoms with Gasteiger partial charge in [0.2, 0.25) is 0 Å². The quantitative estimate of drug-likeness (QED) is 0.711. The molecule has 0 bridgehead atoms. The van der Waals surface area contributed by atoms with Crippen LogP contribution in [0.2, 0.25) is 0 Å². The Labute approximate surface area is 112 Å². The summed E-state index contributed by atoms with van der Waals surface area (Å²) in [5.41, 5.74) is 0. The van der Waals surface area contributed by atoms with E-state index in [2.05, 4.69) is 16.7 Å². The third-order valence-corrected chi connectivity index (χ3v) is 3.54. The molecule has 0 spiro atoms. The van der Waals surface area contributed by atoms with Gasteiger partial charge in [-0.15, -0.1) is 11.3 Å². The molecule has 2 unspecified atom stereocenters. The first-order valence-corrected chi connectivity index (χ1v) is 7.20. The summed E-state index contributed by atoms with van der Waals surface area (Å²) in [5, 5.41) is 16.5. The van der Waals surface area contributed by atoms with Crippen molar-refractivity contribution in [2.45, 2.75) is 45.2 Å². The number of carbonyl (C=O) groups excluding carboxylic acids is 1. The first-order valence-electron chi connectivity index (χ1n) is 6.32. The first-order chi connectivity index (χ1) is 8.61. The largest absolute Gasteiger partial charge is 0.396 e. The van der Waals surface area contributed by atoms with Crippen LogP contribution in [0.4, 0.5) is 4.79 Å². The molecule has 5 heteroatoms. The monoisotopic (exact) mass is 270 g/mol. The normalized spacial score (nSPS) is 13.9. The number of nitrogens with one attached hydrogen (secondary N) is 2. The maximum atomic E-state index is 11.7. The molecule has 1 aromatic heterocycles. The van der Waals surface area contributed by atoms with Gasteiger partial charge in [0.1, 0.15) is 0 Å². The Morgan fingerprint density at radius 3 is 2.72 bits per heavy atom. The lowest BCUT2D eigenvalue weighted by molar-refractivity contribution is 0.231. The first kappa shape index (κ1) is 15.0. The highest BCUT2D eigenvalue weighted by Gasteiger charge is 2.10. The van der Waals surface area contributed by atoms with Crippen LogP contribution in [0.15, 0.2) is 17.5 Å². The highest BCUT2D eigenvalue weighted by atomic mass is 32.1. The third-order valence-electron chi connectivity index (χ3n) is 2.64. The van der Waals surface area contributed by atoms with Crippen LogP contribution in [0.3, 0.4) is 0 Å². The number of hydrogen-bond donors (Lipinski definition) is 3. The number of hydrogen-bond acceptors (Lipinski definition) is 3. The summed E-state index contributed by atoms with van der Waals surface area (Å²) < 4.78 is 0. The number of urea groups is 1. The van der Waals surface area contributed by atoms with Gasteiger partial charge in [0, 0.05) is 30.0 Å². The Hall–Kier alpha value is -1.07.